The molecule has 1 amide bonds. The van der Waals surface area contributed by atoms with Gasteiger partial charge in [-0.25, -0.2) is 4.39 Å². The molecule has 4 N–H and O–H groups in total. The normalized spacial score (nSPS) is 22.1. The second-order valence-electron chi connectivity index (χ2n) is 4.49. The number of nitro groups is 1. The molecule has 0 saturated carbocycles. The lowest BCUT2D eigenvalue weighted by atomic mass is 10.1. The molecule has 1 aliphatic rings. The number of rotatable bonds is 2. The molecule has 1 aromatic carbocycles. The summed E-state index contributed by atoms with van der Waals surface area (Å²) in [7, 11) is 0. The second-order valence-corrected chi connectivity index (χ2v) is 4.49. The van der Waals surface area contributed by atoms with Gasteiger partial charge in [0.05, 0.1) is 28.9 Å². The number of nitro benzene ring substituents is 1. The zero-order valence-corrected chi connectivity index (χ0v) is 10.2. The average Bonchev–Trinajstić information content (AvgIpc) is 2.71. The molecule has 0 radical (unpaired) electrons. The third kappa shape index (κ3) is 2.40. The number of anilines is 1. The standard InChI is InChI=1S/C11H12FN3O5/c12-6-2-8(15(19)20)5(1-7(6)13)11(18)14-3-9(16)10(17)4-14/h1-2,9-10,16-17H,3-4,13H2. The minimum Gasteiger partial charge on any atom is -0.396 e. The Hall–Kier alpha value is -2.26. The van der Waals surface area contributed by atoms with Crippen LogP contribution >= 0.6 is 0 Å². The van der Waals surface area contributed by atoms with Gasteiger partial charge in [0.1, 0.15) is 5.56 Å². The molecule has 2 unspecified atom stereocenters. The molecule has 9 heteroatoms. The molecule has 0 bridgehead atoms. The molecule has 20 heavy (non-hydrogen) atoms. The monoisotopic (exact) mass is 285 g/mol. The highest BCUT2D eigenvalue weighted by Crippen LogP contribution is 2.26. The van der Waals surface area contributed by atoms with E-state index in [0.29, 0.717) is 6.07 Å². The van der Waals surface area contributed by atoms with Crippen molar-refractivity contribution in [1.82, 2.24) is 4.90 Å². The molecule has 2 atom stereocenters. The van der Waals surface area contributed by atoms with Crippen LogP contribution < -0.4 is 5.73 Å². The molecule has 8 nitrogen and oxygen atoms in total. The molecule has 108 valence electrons. The summed E-state index contributed by atoms with van der Waals surface area (Å²) >= 11 is 0. The van der Waals surface area contributed by atoms with Gasteiger partial charge < -0.3 is 20.8 Å². The maximum atomic E-state index is 13.2. The molecular formula is C11H12FN3O5. The van der Waals surface area contributed by atoms with Crippen molar-refractivity contribution in [3.8, 4) is 0 Å². The summed E-state index contributed by atoms with van der Waals surface area (Å²) in [5.41, 5.74) is 3.83. The number of hydrogen-bond acceptors (Lipinski definition) is 6. The number of halogens is 1. The van der Waals surface area contributed by atoms with Crippen LogP contribution in [0.1, 0.15) is 10.4 Å². The van der Waals surface area contributed by atoms with E-state index in [0.717, 1.165) is 11.0 Å². The zero-order valence-electron chi connectivity index (χ0n) is 10.2. The largest absolute Gasteiger partial charge is 0.396 e. The summed E-state index contributed by atoms with van der Waals surface area (Å²) in [6.07, 6.45) is -2.23. The summed E-state index contributed by atoms with van der Waals surface area (Å²) in [5, 5.41) is 29.6. The lowest BCUT2D eigenvalue weighted by Gasteiger charge is -2.15. The fraction of sp³-hybridized carbons (Fsp3) is 0.364. The van der Waals surface area contributed by atoms with Crippen molar-refractivity contribution in [2.75, 3.05) is 18.8 Å². The van der Waals surface area contributed by atoms with Crippen molar-refractivity contribution in [3.63, 3.8) is 0 Å². The highest BCUT2D eigenvalue weighted by atomic mass is 19.1. The van der Waals surface area contributed by atoms with E-state index in [9.17, 15) is 29.5 Å². The third-order valence-electron chi connectivity index (χ3n) is 3.09. The Morgan fingerprint density at radius 1 is 1.40 bits per heavy atom. The van der Waals surface area contributed by atoms with Crippen LogP contribution in [0, 0.1) is 15.9 Å². The Balaban J connectivity index is 2.39. The van der Waals surface area contributed by atoms with E-state index in [1.54, 1.807) is 0 Å². The first-order chi connectivity index (χ1) is 9.31. The number of amides is 1. The van der Waals surface area contributed by atoms with Crippen molar-refractivity contribution < 1.29 is 24.3 Å². The average molecular weight is 285 g/mol. The van der Waals surface area contributed by atoms with Crippen molar-refractivity contribution in [2.45, 2.75) is 12.2 Å². The molecule has 1 aromatic rings. The van der Waals surface area contributed by atoms with Gasteiger partial charge in [-0.2, -0.15) is 0 Å². The summed E-state index contributed by atoms with van der Waals surface area (Å²) in [6.45, 7) is -0.317. The van der Waals surface area contributed by atoms with Crippen molar-refractivity contribution >= 4 is 17.3 Å². The maximum absolute atomic E-state index is 13.2. The van der Waals surface area contributed by atoms with Gasteiger partial charge in [0.2, 0.25) is 0 Å². The van der Waals surface area contributed by atoms with Crippen LogP contribution in [0.3, 0.4) is 0 Å². The van der Waals surface area contributed by atoms with Crippen LogP contribution in [0.2, 0.25) is 0 Å². The lowest BCUT2D eigenvalue weighted by molar-refractivity contribution is -0.385. The number of carbonyl (C=O) groups excluding carboxylic acids is 1. The molecule has 0 aromatic heterocycles. The fourth-order valence-corrected chi connectivity index (χ4v) is 2.01. The van der Waals surface area contributed by atoms with Crippen molar-refractivity contribution in [2.24, 2.45) is 0 Å². The van der Waals surface area contributed by atoms with Gasteiger partial charge in [0.15, 0.2) is 5.82 Å². The Labute approximate surface area is 112 Å². The summed E-state index contributed by atoms with van der Waals surface area (Å²) in [4.78, 5) is 23.2. The number of aliphatic hydroxyl groups is 2. The minimum atomic E-state index is -1.11. The smallest absolute Gasteiger partial charge is 0.285 e. The lowest BCUT2D eigenvalue weighted by Crippen LogP contribution is -2.30. The first-order valence-electron chi connectivity index (χ1n) is 5.70. The van der Waals surface area contributed by atoms with Crippen molar-refractivity contribution in [1.29, 1.82) is 0 Å². The number of nitrogens with zero attached hydrogens (tertiary/aromatic N) is 2. The van der Waals surface area contributed by atoms with Gasteiger partial charge in [0.25, 0.3) is 11.6 Å². The van der Waals surface area contributed by atoms with E-state index in [1.807, 2.05) is 0 Å². The van der Waals surface area contributed by atoms with E-state index in [4.69, 9.17) is 5.73 Å². The molecule has 0 aliphatic carbocycles. The highest BCUT2D eigenvalue weighted by Gasteiger charge is 2.35. The number of nitrogen functional groups attached to an aromatic ring is 1. The number of carbonyl (C=O) groups is 1. The molecule has 1 heterocycles. The SMILES string of the molecule is Nc1cc(C(=O)N2CC(O)C(O)C2)c([N+](=O)[O-])cc1F. The topological polar surface area (TPSA) is 130 Å². The predicted octanol–water partition coefficient (Wildman–Crippen LogP) is -0.506. The van der Waals surface area contributed by atoms with Gasteiger partial charge in [-0.05, 0) is 6.07 Å². The van der Waals surface area contributed by atoms with E-state index in [-0.39, 0.29) is 24.3 Å². The zero-order chi connectivity index (χ0) is 15.0. The molecule has 0 spiro atoms. The molecule has 1 fully saturated rings. The summed E-state index contributed by atoms with van der Waals surface area (Å²) in [6, 6.07) is 1.46. The molecule has 1 saturated heterocycles. The Morgan fingerprint density at radius 3 is 2.45 bits per heavy atom. The van der Waals surface area contributed by atoms with Crippen LogP contribution in [0.4, 0.5) is 15.8 Å². The Bertz CT molecular complexity index is 569. The van der Waals surface area contributed by atoms with Gasteiger partial charge in [-0.3, -0.25) is 14.9 Å². The first kappa shape index (κ1) is 14.2. The van der Waals surface area contributed by atoms with E-state index >= 15 is 0 Å². The number of aliphatic hydroxyl groups excluding tert-OH is 2. The van der Waals surface area contributed by atoms with Gasteiger partial charge in [-0.15, -0.1) is 0 Å². The third-order valence-corrected chi connectivity index (χ3v) is 3.09. The predicted molar refractivity (Wildman–Crippen MR) is 65.4 cm³/mol. The van der Waals surface area contributed by atoms with Gasteiger partial charge in [-0.1, -0.05) is 0 Å². The van der Waals surface area contributed by atoms with Gasteiger partial charge in [0, 0.05) is 13.1 Å². The van der Waals surface area contributed by atoms with Crippen LogP contribution in [0.15, 0.2) is 12.1 Å². The highest BCUT2D eigenvalue weighted by molar-refractivity contribution is 5.99. The van der Waals surface area contributed by atoms with Gasteiger partial charge >= 0.3 is 0 Å². The number of hydrogen-bond donors (Lipinski definition) is 3. The second kappa shape index (κ2) is 5.02. The minimum absolute atomic E-state index is 0.158. The van der Waals surface area contributed by atoms with E-state index in [1.165, 1.54) is 0 Å². The number of likely N-dealkylation sites (tertiary alicyclic amines) is 1. The first-order valence-corrected chi connectivity index (χ1v) is 5.70. The van der Waals surface area contributed by atoms with E-state index < -0.39 is 34.5 Å². The number of β-amino-alcohol motifs (C(OH)–C–C–N with tert-alkyl or cyclic N) is 2. The Kier molecular flexibility index (Phi) is 3.55. The fourth-order valence-electron chi connectivity index (χ4n) is 2.01. The molecule has 2 rings (SSSR count). The maximum Gasteiger partial charge on any atom is 0.285 e. The van der Waals surface area contributed by atoms with Crippen LogP contribution in [-0.4, -0.2) is 51.2 Å². The van der Waals surface area contributed by atoms with Crippen molar-refractivity contribution in [3.05, 3.63) is 33.6 Å². The van der Waals surface area contributed by atoms with Crippen LogP contribution in [0.5, 0.6) is 0 Å². The van der Waals surface area contributed by atoms with Crippen LogP contribution in [0.25, 0.3) is 0 Å². The number of nitrogens with two attached hydrogens (primary N) is 1. The molecule has 1 aliphatic heterocycles. The quantitative estimate of drug-likeness (QED) is 0.381. The molecular weight excluding hydrogens is 273 g/mol. The Morgan fingerprint density at radius 2 is 1.95 bits per heavy atom. The number of benzene rings is 1. The summed E-state index contributed by atoms with van der Waals surface area (Å²) in [5.74, 6) is -1.78. The van der Waals surface area contributed by atoms with Crippen LogP contribution in [-0.2, 0) is 0 Å². The van der Waals surface area contributed by atoms with E-state index in [2.05, 4.69) is 0 Å². The summed E-state index contributed by atoms with van der Waals surface area (Å²) < 4.78 is 13.2.